The van der Waals surface area contributed by atoms with Gasteiger partial charge in [-0.15, -0.1) is 0 Å². The third kappa shape index (κ3) is 1.74. The smallest absolute Gasteiger partial charge is 0.0351 e. The van der Waals surface area contributed by atoms with Crippen LogP contribution in [0.25, 0.3) is 0 Å². The van der Waals surface area contributed by atoms with E-state index in [1.54, 1.807) is 5.57 Å². The van der Waals surface area contributed by atoms with Crippen LogP contribution in [0.5, 0.6) is 0 Å². The summed E-state index contributed by atoms with van der Waals surface area (Å²) in [6.45, 7) is 6.24. The summed E-state index contributed by atoms with van der Waals surface area (Å²) < 4.78 is 0. The first-order valence-corrected chi connectivity index (χ1v) is 7.23. The first-order valence-electron chi connectivity index (χ1n) is 7.23. The minimum atomic E-state index is 0.505. The number of hydrogen-bond acceptors (Lipinski definition) is 0. The van der Waals surface area contributed by atoms with Crippen molar-refractivity contribution in [3.05, 3.63) is 82.0 Å². The highest BCUT2D eigenvalue weighted by molar-refractivity contribution is 5.68. The van der Waals surface area contributed by atoms with Crippen molar-refractivity contribution in [1.82, 2.24) is 0 Å². The van der Waals surface area contributed by atoms with Crippen LogP contribution in [0.15, 0.2) is 82.0 Å². The van der Waals surface area contributed by atoms with Crippen molar-refractivity contribution < 1.29 is 0 Å². The predicted molar refractivity (Wildman–Crippen MR) is 82.8 cm³/mol. The van der Waals surface area contributed by atoms with E-state index in [1.165, 1.54) is 27.9 Å². The molecule has 0 saturated carbocycles. The second-order valence-electron chi connectivity index (χ2n) is 5.08. The summed E-state index contributed by atoms with van der Waals surface area (Å²) in [5.74, 6) is 0.505. The molecule has 0 bridgehead atoms. The molecule has 0 nitrogen and oxygen atoms in total. The molecular formula is C19H20. The van der Waals surface area contributed by atoms with Crippen LogP contribution in [0.2, 0.25) is 0 Å². The fourth-order valence-electron chi connectivity index (χ4n) is 3.33. The van der Waals surface area contributed by atoms with Crippen LogP contribution in [0.3, 0.4) is 0 Å². The standard InChI is InChI=1S/C17H14.C2H6/c1-11-10-14-6-2-4-12-8-9-13-5-3-7-15(11)17(13)16(12)14;1-2/h2-5,7-10,17H,6H2,1H3;1-2H3. The fourth-order valence-corrected chi connectivity index (χ4v) is 3.33. The molecule has 96 valence electrons. The molecule has 0 amide bonds. The van der Waals surface area contributed by atoms with Crippen molar-refractivity contribution in [1.29, 1.82) is 0 Å². The third-order valence-electron chi connectivity index (χ3n) is 4.09. The molecule has 1 atom stereocenters. The number of allylic oxidation sites excluding steroid dienone is 14. The van der Waals surface area contributed by atoms with E-state index in [0.29, 0.717) is 5.92 Å². The Hall–Kier alpha value is -1.82. The first-order chi connectivity index (χ1) is 9.34. The van der Waals surface area contributed by atoms with Crippen LogP contribution < -0.4 is 0 Å². The molecule has 0 heterocycles. The molecule has 1 unspecified atom stereocenters. The average Bonchev–Trinajstić information content (AvgIpc) is 2.48. The Morgan fingerprint density at radius 2 is 1.89 bits per heavy atom. The van der Waals surface area contributed by atoms with Gasteiger partial charge >= 0.3 is 0 Å². The lowest BCUT2D eigenvalue weighted by atomic mass is 9.67. The van der Waals surface area contributed by atoms with Crippen LogP contribution in [0.1, 0.15) is 27.2 Å². The van der Waals surface area contributed by atoms with Gasteiger partial charge in [-0.05, 0) is 46.8 Å². The lowest BCUT2D eigenvalue weighted by Crippen LogP contribution is -2.22. The summed E-state index contributed by atoms with van der Waals surface area (Å²) in [5, 5.41) is 0. The van der Waals surface area contributed by atoms with Crippen LogP contribution >= 0.6 is 0 Å². The SMILES string of the molecule is CC.CC1=CC2=C3C(=CC=C4C=CC=C1C43)C=CC2. The zero-order valence-corrected chi connectivity index (χ0v) is 11.9. The molecule has 0 aromatic rings. The Labute approximate surface area is 115 Å². The van der Waals surface area contributed by atoms with Crippen molar-refractivity contribution in [2.75, 3.05) is 0 Å². The van der Waals surface area contributed by atoms with Crippen molar-refractivity contribution in [2.24, 2.45) is 5.92 Å². The van der Waals surface area contributed by atoms with Crippen molar-refractivity contribution in [2.45, 2.75) is 27.2 Å². The molecule has 4 rings (SSSR count). The van der Waals surface area contributed by atoms with E-state index >= 15 is 0 Å². The molecule has 19 heavy (non-hydrogen) atoms. The van der Waals surface area contributed by atoms with Crippen molar-refractivity contribution in [3.8, 4) is 0 Å². The zero-order valence-electron chi connectivity index (χ0n) is 11.9. The van der Waals surface area contributed by atoms with Crippen LogP contribution in [0, 0.1) is 5.92 Å². The summed E-state index contributed by atoms with van der Waals surface area (Å²) in [4.78, 5) is 0. The minimum Gasteiger partial charge on any atom is -0.0795 e. The van der Waals surface area contributed by atoms with Gasteiger partial charge in [0.05, 0.1) is 0 Å². The van der Waals surface area contributed by atoms with E-state index in [1.807, 2.05) is 13.8 Å². The maximum atomic E-state index is 2.37. The van der Waals surface area contributed by atoms with Gasteiger partial charge in [-0.25, -0.2) is 0 Å². The van der Waals surface area contributed by atoms with E-state index < -0.39 is 0 Å². The van der Waals surface area contributed by atoms with E-state index in [9.17, 15) is 0 Å². The molecule has 0 aliphatic heterocycles. The highest BCUT2D eigenvalue weighted by Crippen LogP contribution is 2.48. The summed E-state index contributed by atoms with van der Waals surface area (Å²) in [5.41, 5.74) is 8.83. The second kappa shape index (κ2) is 4.70. The highest BCUT2D eigenvalue weighted by atomic mass is 14.4. The Balaban J connectivity index is 0.000000528. The quantitative estimate of drug-likeness (QED) is 0.552. The second-order valence-corrected chi connectivity index (χ2v) is 5.08. The Bertz CT molecular complexity index is 625. The third-order valence-corrected chi connectivity index (χ3v) is 4.09. The lowest BCUT2D eigenvalue weighted by molar-refractivity contribution is 0.818. The molecule has 0 N–H and O–H groups in total. The predicted octanol–water partition coefficient (Wildman–Crippen LogP) is 5.21. The van der Waals surface area contributed by atoms with Gasteiger partial charge in [0.15, 0.2) is 0 Å². The molecule has 4 aliphatic rings. The number of rotatable bonds is 0. The van der Waals surface area contributed by atoms with E-state index in [2.05, 4.69) is 55.5 Å². The fraction of sp³-hybridized carbons (Fsp3) is 0.263. The molecule has 4 aliphatic carbocycles. The maximum Gasteiger partial charge on any atom is 0.0351 e. The minimum absolute atomic E-state index is 0.505. The van der Waals surface area contributed by atoms with Crippen LogP contribution in [-0.4, -0.2) is 0 Å². The van der Waals surface area contributed by atoms with Gasteiger partial charge in [-0.3, -0.25) is 0 Å². The van der Waals surface area contributed by atoms with Crippen LogP contribution in [0.4, 0.5) is 0 Å². The monoisotopic (exact) mass is 248 g/mol. The molecular weight excluding hydrogens is 228 g/mol. The molecule has 0 radical (unpaired) electrons. The van der Waals surface area contributed by atoms with Gasteiger partial charge in [0, 0.05) is 5.92 Å². The van der Waals surface area contributed by atoms with Crippen LogP contribution in [-0.2, 0) is 0 Å². The van der Waals surface area contributed by atoms with Gasteiger partial charge in [0.2, 0.25) is 0 Å². The summed E-state index contributed by atoms with van der Waals surface area (Å²) in [7, 11) is 0. The molecule has 0 heteroatoms. The lowest BCUT2D eigenvalue weighted by Gasteiger charge is -2.36. The Morgan fingerprint density at radius 1 is 1.05 bits per heavy atom. The summed E-state index contributed by atoms with van der Waals surface area (Å²) in [6.07, 6.45) is 19.3. The van der Waals surface area contributed by atoms with Gasteiger partial charge < -0.3 is 0 Å². The molecule has 0 saturated heterocycles. The van der Waals surface area contributed by atoms with Gasteiger partial charge in [-0.1, -0.05) is 62.5 Å². The van der Waals surface area contributed by atoms with E-state index in [0.717, 1.165) is 6.42 Å². The zero-order chi connectivity index (χ0) is 13.4. The summed E-state index contributed by atoms with van der Waals surface area (Å²) >= 11 is 0. The Kier molecular flexibility index (Phi) is 3.02. The Morgan fingerprint density at radius 3 is 2.74 bits per heavy atom. The average molecular weight is 248 g/mol. The van der Waals surface area contributed by atoms with E-state index in [-0.39, 0.29) is 0 Å². The van der Waals surface area contributed by atoms with Gasteiger partial charge in [0.1, 0.15) is 0 Å². The van der Waals surface area contributed by atoms with Crippen molar-refractivity contribution in [3.63, 3.8) is 0 Å². The topological polar surface area (TPSA) is 0 Å². The largest absolute Gasteiger partial charge is 0.0795 e. The molecule has 0 aromatic carbocycles. The van der Waals surface area contributed by atoms with E-state index in [4.69, 9.17) is 0 Å². The maximum absolute atomic E-state index is 2.37. The molecule has 0 aromatic heterocycles. The highest BCUT2D eigenvalue weighted by Gasteiger charge is 2.33. The number of hydrogen-bond donors (Lipinski definition) is 0. The summed E-state index contributed by atoms with van der Waals surface area (Å²) in [6, 6.07) is 0. The first kappa shape index (κ1) is 12.2. The van der Waals surface area contributed by atoms with Gasteiger partial charge in [0.25, 0.3) is 0 Å². The molecule has 0 fully saturated rings. The van der Waals surface area contributed by atoms with Gasteiger partial charge in [-0.2, -0.15) is 0 Å². The normalized spacial score (nSPS) is 25.5. The van der Waals surface area contributed by atoms with Crippen molar-refractivity contribution >= 4 is 0 Å². The molecule has 0 spiro atoms.